The van der Waals surface area contributed by atoms with Crippen LogP contribution in [0.3, 0.4) is 0 Å². The third-order valence-corrected chi connectivity index (χ3v) is 1.34. The second-order valence-electron chi connectivity index (χ2n) is 3.43. The zero-order chi connectivity index (χ0) is 8.48. The quantitative estimate of drug-likeness (QED) is 0.663. The fourth-order valence-electron chi connectivity index (χ4n) is 1.00. The summed E-state index contributed by atoms with van der Waals surface area (Å²) in [5.74, 6) is 0. The minimum atomic E-state index is -0.675. The Morgan fingerprint density at radius 3 is 2.64 bits per heavy atom. The summed E-state index contributed by atoms with van der Waals surface area (Å²) >= 11 is 0. The van der Waals surface area contributed by atoms with Crippen molar-refractivity contribution in [3.8, 4) is 0 Å². The molecular formula is C8H14N2O. The summed E-state index contributed by atoms with van der Waals surface area (Å²) in [6.07, 6.45) is 3.66. The predicted molar refractivity (Wildman–Crippen MR) is 45.1 cm³/mol. The van der Waals surface area contributed by atoms with Gasteiger partial charge in [-0.2, -0.15) is 0 Å². The van der Waals surface area contributed by atoms with E-state index < -0.39 is 5.60 Å². The number of anilines is 1. The Bertz CT molecular complexity index is 234. The van der Waals surface area contributed by atoms with E-state index in [1.807, 2.05) is 16.8 Å². The van der Waals surface area contributed by atoms with Gasteiger partial charge >= 0.3 is 0 Å². The highest BCUT2D eigenvalue weighted by molar-refractivity contribution is 5.34. The molecule has 0 saturated carbocycles. The Kier molecular flexibility index (Phi) is 1.91. The van der Waals surface area contributed by atoms with E-state index in [9.17, 15) is 5.11 Å². The van der Waals surface area contributed by atoms with Crippen LogP contribution in [0.2, 0.25) is 0 Å². The van der Waals surface area contributed by atoms with Crippen molar-refractivity contribution in [3.05, 3.63) is 18.5 Å². The first-order valence-electron chi connectivity index (χ1n) is 3.61. The van der Waals surface area contributed by atoms with E-state index in [4.69, 9.17) is 5.73 Å². The molecule has 0 spiro atoms. The minimum Gasteiger partial charge on any atom is -0.398 e. The molecule has 0 aromatic carbocycles. The molecule has 11 heavy (non-hydrogen) atoms. The highest BCUT2D eigenvalue weighted by Gasteiger charge is 2.12. The summed E-state index contributed by atoms with van der Waals surface area (Å²) in [6.45, 7) is 4.11. The zero-order valence-electron chi connectivity index (χ0n) is 6.91. The standard InChI is InChI=1S/C8H14N2O/c1-8(2,11)6-10-4-3-7(9)5-10/h3-5,11H,6,9H2,1-2H3. The van der Waals surface area contributed by atoms with E-state index in [1.165, 1.54) is 0 Å². The number of rotatable bonds is 2. The van der Waals surface area contributed by atoms with Gasteiger partial charge in [0.25, 0.3) is 0 Å². The second kappa shape index (κ2) is 2.58. The van der Waals surface area contributed by atoms with Crippen molar-refractivity contribution in [3.63, 3.8) is 0 Å². The number of nitrogen functional groups attached to an aromatic ring is 1. The van der Waals surface area contributed by atoms with Gasteiger partial charge in [0.1, 0.15) is 0 Å². The lowest BCUT2D eigenvalue weighted by molar-refractivity contribution is 0.0617. The lowest BCUT2D eigenvalue weighted by Gasteiger charge is -2.17. The first-order valence-corrected chi connectivity index (χ1v) is 3.61. The number of hydrogen-bond acceptors (Lipinski definition) is 2. The molecule has 0 unspecified atom stereocenters. The summed E-state index contributed by atoms with van der Waals surface area (Å²) in [6, 6.07) is 1.81. The highest BCUT2D eigenvalue weighted by atomic mass is 16.3. The van der Waals surface area contributed by atoms with Crippen LogP contribution in [0.15, 0.2) is 18.5 Å². The average molecular weight is 154 g/mol. The number of aliphatic hydroxyl groups is 1. The molecule has 1 aromatic rings. The lowest BCUT2D eigenvalue weighted by Crippen LogP contribution is -2.25. The van der Waals surface area contributed by atoms with E-state index in [0.29, 0.717) is 6.54 Å². The van der Waals surface area contributed by atoms with Gasteiger partial charge in [-0.05, 0) is 19.9 Å². The van der Waals surface area contributed by atoms with Crippen molar-refractivity contribution in [1.29, 1.82) is 0 Å². The maximum atomic E-state index is 9.42. The molecule has 62 valence electrons. The molecule has 0 radical (unpaired) electrons. The third kappa shape index (κ3) is 2.63. The molecule has 3 N–H and O–H groups in total. The van der Waals surface area contributed by atoms with Crippen molar-refractivity contribution < 1.29 is 5.11 Å². The average Bonchev–Trinajstić information content (AvgIpc) is 2.10. The van der Waals surface area contributed by atoms with Crippen LogP contribution in [0, 0.1) is 0 Å². The summed E-state index contributed by atoms with van der Waals surface area (Å²) in [4.78, 5) is 0. The zero-order valence-corrected chi connectivity index (χ0v) is 6.91. The van der Waals surface area contributed by atoms with Crippen LogP contribution in [0.25, 0.3) is 0 Å². The SMILES string of the molecule is CC(C)(O)Cn1ccc(N)c1. The lowest BCUT2D eigenvalue weighted by atomic mass is 10.1. The fraction of sp³-hybridized carbons (Fsp3) is 0.500. The monoisotopic (exact) mass is 154 g/mol. The van der Waals surface area contributed by atoms with Gasteiger partial charge in [0.05, 0.1) is 12.1 Å². The molecule has 1 heterocycles. The van der Waals surface area contributed by atoms with Crippen molar-refractivity contribution in [2.24, 2.45) is 0 Å². The highest BCUT2D eigenvalue weighted by Crippen LogP contribution is 2.08. The molecule has 0 aliphatic rings. The smallest absolute Gasteiger partial charge is 0.0769 e. The number of hydrogen-bond donors (Lipinski definition) is 2. The Morgan fingerprint density at radius 1 is 1.64 bits per heavy atom. The molecule has 1 aromatic heterocycles. The van der Waals surface area contributed by atoms with Gasteiger partial charge in [0.2, 0.25) is 0 Å². The van der Waals surface area contributed by atoms with Crippen molar-refractivity contribution >= 4 is 5.69 Å². The van der Waals surface area contributed by atoms with Crippen LogP contribution in [-0.4, -0.2) is 15.3 Å². The Morgan fingerprint density at radius 2 is 2.27 bits per heavy atom. The Labute approximate surface area is 66.4 Å². The normalized spacial score (nSPS) is 11.9. The van der Waals surface area contributed by atoms with Crippen molar-refractivity contribution in [1.82, 2.24) is 4.57 Å². The van der Waals surface area contributed by atoms with E-state index in [1.54, 1.807) is 20.0 Å². The number of nitrogens with two attached hydrogens (primary N) is 1. The molecule has 0 fully saturated rings. The third-order valence-electron chi connectivity index (χ3n) is 1.34. The van der Waals surface area contributed by atoms with E-state index in [0.717, 1.165) is 5.69 Å². The first kappa shape index (κ1) is 8.14. The van der Waals surface area contributed by atoms with Crippen LogP contribution < -0.4 is 5.73 Å². The largest absolute Gasteiger partial charge is 0.398 e. The van der Waals surface area contributed by atoms with Gasteiger partial charge in [-0.25, -0.2) is 0 Å². The minimum absolute atomic E-state index is 0.574. The van der Waals surface area contributed by atoms with Gasteiger partial charge in [-0.1, -0.05) is 0 Å². The van der Waals surface area contributed by atoms with Crippen LogP contribution in [0.5, 0.6) is 0 Å². The molecule has 0 saturated heterocycles. The van der Waals surface area contributed by atoms with Crippen molar-refractivity contribution in [2.45, 2.75) is 26.0 Å². The summed E-state index contributed by atoms with van der Waals surface area (Å²) in [7, 11) is 0. The molecule has 0 bridgehead atoms. The summed E-state index contributed by atoms with van der Waals surface area (Å²) < 4.78 is 1.87. The number of aromatic nitrogens is 1. The predicted octanol–water partition coefficient (Wildman–Crippen LogP) is 0.841. The maximum Gasteiger partial charge on any atom is 0.0769 e. The molecular weight excluding hydrogens is 140 g/mol. The molecule has 1 rings (SSSR count). The maximum absolute atomic E-state index is 9.42. The molecule has 0 amide bonds. The molecule has 0 atom stereocenters. The number of nitrogens with zero attached hydrogens (tertiary/aromatic N) is 1. The summed E-state index contributed by atoms with van der Waals surface area (Å²) in [5.41, 5.74) is 5.55. The first-order chi connectivity index (χ1) is 4.97. The fourth-order valence-corrected chi connectivity index (χ4v) is 1.00. The topological polar surface area (TPSA) is 51.2 Å². The van der Waals surface area contributed by atoms with Crippen LogP contribution in [-0.2, 0) is 6.54 Å². The summed E-state index contributed by atoms with van der Waals surface area (Å²) in [5, 5.41) is 9.42. The van der Waals surface area contributed by atoms with Gasteiger partial charge in [0.15, 0.2) is 0 Å². The molecule has 0 aliphatic heterocycles. The second-order valence-corrected chi connectivity index (χ2v) is 3.43. The van der Waals surface area contributed by atoms with Crippen LogP contribution in [0.1, 0.15) is 13.8 Å². The van der Waals surface area contributed by atoms with Gasteiger partial charge in [-0.3, -0.25) is 0 Å². The Balaban J connectivity index is 2.65. The molecule has 0 aliphatic carbocycles. The van der Waals surface area contributed by atoms with Gasteiger partial charge < -0.3 is 15.4 Å². The Hall–Kier alpha value is -0.960. The van der Waals surface area contributed by atoms with Gasteiger partial charge in [-0.15, -0.1) is 0 Å². The van der Waals surface area contributed by atoms with Crippen molar-refractivity contribution in [2.75, 3.05) is 5.73 Å². The van der Waals surface area contributed by atoms with E-state index >= 15 is 0 Å². The molecule has 3 heteroatoms. The van der Waals surface area contributed by atoms with E-state index in [2.05, 4.69) is 0 Å². The van der Waals surface area contributed by atoms with E-state index in [-0.39, 0.29) is 0 Å². The van der Waals surface area contributed by atoms with Crippen LogP contribution in [0.4, 0.5) is 5.69 Å². The molecule has 3 nitrogen and oxygen atoms in total. The van der Waals surface area contributed by atoms with Gasteiger partial charge in [0, 0.05) is 18.1 Å². The van der Waals surface area contributed by atoms with Crippen LogP contribution >= 0.6 is 0 Å².